The van der Waals surface area contributed by atoms with Crippen molar-refractivity contribution < 1.29 is 4.74 Å². The van der Waals surface area contributed by atoms with Crippen molar-refractivity contribution in [3.05, 3.63) is 17.5 Å². The van der Waals surface area contributed by atoms with Gasteiger partial charge >= 0.3 is 0 Å². The van der Waals surface area contributed by atoms with Gasteiger partial charge in [-0.15, -0.1) is 0 Å². The number of rotatable bonds is 1. The maximum absolute atomic E-state index is 5.93. The Balaban J connectivity index is 1.71. The van der Waals surface area contributed by atoms with Crippen molar-refractivity contribution in [2.24, 2.45) is 12.8 Å². The fourth-order valence-corrected chi connectivity index (χ4v) is 2.67. The molecule has 1 aromatic rings. The first-order chi connectivity index (χ1) is 7.74. The van der Waals surface area contributed by atoms with Gasteiger partial charge in [0.05, 0.1) is 25.1 Å². The lowest BCUT2D eigenvalue weighted by atomic mass is 10.1. The van der Waals surface area contributed by atoms with Crippen LogP contribution in [-0.4, -0.2) is 40.0 Å². The molecule has 0 aromatic carbocycles. The number of fused-ring (bicyclic) bond motifs is 1. The lowest BCUT2D eigenvalue weighted by molar-refractivity contribution is 0.00487. The molecular weight excluding hydrogens is 204 g/mol. The average Bonchev–Trinajstić information content (AvgIpc) is 2.81. The Bertz CT molecular complexity index is 389. The Labute approximate surface area is 95.2 Å². The van der Waals surface area contributed by atoms with Gasteiger partial charge in [0.2, 0.25) is 0 Å². The summed E-state index contributed by atoms with van der Waals surface area (Å²) < 4.78 is 7.49. The second kappa shape index (κ2) is 3.84. The van der Waals surface area contributed by atoms with Crippen LogP contribution in [0.25, 0.3) is 0 Å². The van der Waals surface area contributed by atoms with Crippen LogP contribution in [0.3, 0.4) is 0 Å². The van der Waals surface area contributed by atoms with E-state index in [-0.39, 0.29) is 6.04 Å². The molecule has 16 heavy (non-hydrogen) atoms. The minimum absolute atomic E-state index is 0.195. The van der Waals surface area contributed by atoms with E-state index in [1.165, 1.54) is 11.3 Å². The van der Waals surface area contributed by atoms with Gasteiger partial charge in [0.1, 0.15) is 0 Å². The van der Waals surface area contributed by atoms with Crippen LogP contribution in [0.15, 0.2) is 6.20 Å². The number of nitrogens with zero attached hydrogens (tertiary/aromatic N) is 3. The monoisotopic (exact) mass is 222 g/mol. The Morgan fingerprint density at radius 1 is 1.44 bits per heavy atom. The summed E-state index contributed by atoms with van der Waals surface area (Å²) in [6.45, 7) is 3.49. The molecule has 1 aromatic heterocycles. The first kappa shape index (κ1) is 10.3. The smallest absolute Gasteiger partial charge is 0.0623 e. The van der Waals surface area contributed by atoms with E-state index in [1.807, 2.05) is 17.9 Å². The number of hydrogen-bond donors (Lipinski definition) is 1. The second-order valence-electron chi connectivity index (χ2n) is 4.83. The number of ether oxygens (including phenoxy) is 1. The van der Waals surface area contributed by atoms with Crippen molar-refractivity contribution in [3.63, 3.8) is 0 Å². The zero-order chi connectivity index (χ0) is 11.1. The van der Waals surface area contributed by atoms with Gasteiger partial charge in [-0.25, -0.2) is 0 Å². The Morgan fingerprint density at radius 2 is 2.31 bits per heavy atom. The highest BCUT2D eigenvalue weighted by Crippen LogP contribution is 2.26. The molecule has 5 heteroatoms. The first-order valence-corrected chi connectivity index (χ1v) is 5.81. The molecule has 2 aliphatic rings. The third kappa shape index (κ3) is 1.65. The normalized spacial score (nSPS) is 30.6. The van der Waals surface area contributed by atoms with Crippen LogP contribution >= 0.6 is 0 Å². The molecule has 3 heterocycles. The van der Waals surface area contributed by atoms with Gasteiger partial charge in [0.25, 0.3) is 0 Å². The van der Waals surface area contributed by atoms with E-state index in [0.29, 0.717) is 12.6 Å². The molecule has 0 aliphatic carbocycles. The number of aryl methyl sites for hydroxylation is 1. The molecule has 3 rings (SSSR count). The number of nitrogens with two attached hydrogens (primary N) is 1. The summed E-state index contributed by atoms with van der Waals surface area (Å²) in [6.07, 6.45) is 3.01. The quantitative estimate of drug-likeness (QED) is 0.718. The molecule has 2 unspecified atom stereocenters. The summed E-state index contributed by atoms with van der Waals surface area (Å²) in [5.41, 5.74) is 8.62. The zero-order valence-corrected chi connectivity index (χ0v) is 9.59. The Kier molecular flexibility index (Phi) is 2.46. The Hall–Kier alpha value is -0.910. The number of aromatic nitrogens is 2. The summed E-state index contributed by atoms with van der Waals surface area (Å²) >= 11 is 0. The lowest BCUT2D eigenvalue weighted by Gasteiger charge is -2.33. The zero-order valence-electron chi connectivity index (χ0n) is 9.59. The first-order valence-electron chi connectivity index (χ1n) is 5.81. The highest BCUT2D eigenvalue weighted by atomic mass is 16.5. The molecule has 1 fully saturated rings. The van der Waals surface area contributed by atoms with Gasteiger partial charge < -0.3 is 10.5 Å². The van der Waals surface area contributed by atoms with Crippen LogP contribution < -0.4 is 5.73 Å². The SMILES string of the molecule is Cn1ncc2c1CN(C1COCC(N)C1)C2. The largest absolute Gasteiger partial charge is 0.378 e. The minimum Gasteiger partial charge on any atom is -0.378 e. The number of hydrogen-bond acceptors (Lipinski definition) is 4. The molecule has 2 atom stereocenters. The summed E-state index contributed by atoms with van der Waals surface area (Å²) in [5, 5.41) is 4.27. The Morgan fingerprint density at radius 3 is 3.06 bits per heavy atom. The fraction of sp³-hybridized carbons (Fsp3) is 0.727. The molecule has 5 nitrogen and oxygen atoms in total. The second-order valence-corrected chi connectivity index (χ2v) is 4.83. The highest BCUT2D eigenvalue weighted by Gasteiger charge is 2.31. The fourth-order valence-electron chi connectivity index (χ4n) is 2.67. The summed E-state index contributed by atoms with van der Waals surface area (Å²) in [6, 6.07) is 0.664. The lowest BCUT2D eigenvalue weighted by Crippen LogP contribution is -2.46. The van der Waals surface area contributed by atoms with Crippen molar-refractivity contribution in [2.75, 3.05) is 13.2 Å². The molecule has 0 amide bonds. The van der Waals surface area contributed by atoms with Crippen molar-refractivity contribution in [3.8, 4) is 0 Å². The minimum atomic E-state index is 0.195. The van der Waals surface area contributed by atoms with Gasteiger partial charge in [-0.1, -0.05) is 0 Å². The van der Waals surface area contributed by atoms with Crippen LogP contribution in [0.5, 0.6) is 0 Å². The van der Waals surface area contributed by atoms with E-state index in [2.05, 4.69) is 10.00 Å². The molecule has 88 valence electrons. The van der Waals surface area contributed by atoms with Gasteiger partial charge in [0, 0.05) is 37.8 Å². The van der Waals surface area contributed by atoms with Crippen LogP contribution in [0.4, 0.5) is 0 Å². The highest BCUT2D eigenvalue weighted by molar-refractivity contribution is 5.22. The molecule has 2 aliphatic heterocycles. The molecule has 0 saturated carbocycles. The van der Waals surface area contributed by atoms with E-state index >= 15 is 0 Å². The molecular formula is C11H18N4O. The van der Waals surface area contributed by atoms with E-state index in [4.69, 9.17) is 10.5 Å². The standard InChI is InChI=1S/C11H18N4O/c1-14-11-5-15(4-8(11)3-13-14)10-2-9(12)6-16-7-10/h3,9-10H,2,4-7,12H2,1H3. The predicted molar refractivity (Wildman–Crippen MR) is 59.7 cm³/mol. The van der Waals surface area contributed by atoms with Gasteiger partial charge in [-0.3, -0.25) is 9.58 Å². The van der Waals surface area contributed by atoms with E-state index < -0.39 is 0 Å². The van der Waals surface area contributed by atoms with Crippen molar-refractivity contribution in [1.82, 2.24) is 14.7 Å². The molecule has 0 spiro atoms. The maximum atomic E-state index is 5.93. The third-order valence-electron chi connectivity index (χ3n) is 3.61. The van der Waals surface area contributed by atoms with E-state index in [1.54, 1.807) is 0 Å². The van der Waals surface area contributed by atoms with Crippen LogP contribution in [0.2, 0.25) is 0 Å². The van der Waals surface area contributed by atoms with Crippen molar-refractivity contribution in [1.29, 1.82) is 0 Å². The van der Waals surface area contributed by atoms with E-state index in [9.17, 15) is 0 Å². The topological polar surface area (TPSA) is 56.3 Å². The molecule has 1 saturated heterocycles. The molecule has 2 N–H and O–H groups in total. The molecule has 0 radical (unpaired) electrons. The summed E-state index contributed by atoms with van der Waals surface area (Å²) in [5.74, 6) is 0. The summed E-state index contributed by atoms with van der Waals surface area (Å²) in [7, 11) is 2.01. The van der Waals surface area contributed by atoms with Crippen molar-refractivity contribution >= 4 is 0 Å². The van der Waals surface area contributed by atoms with Gasteiger partial charge in [-0.2, -0.15) is 5.10 Å². The third-order valence-corrected chi connectivity index (χ3v) is 3.61. The summed E-state index contributed by atoms with van der Waals surface area (Å²) in [4.78, 5) is 2.45. The van der Waals surface area contributed by atoms with Crippen LogP contribution in [0.1, 0.15) is 17.7 Å². The maximum Gasteiger partial charge on any atom is 0.0623 e. The van der Waals surface area contributed by atoms with Crippen LogP contribution in [0, 0.1) is 0 Å². The van der Waals surface area contributed by atoms with Crippen LogP contribution in [-0.2, 0) is 24.9 Å². The average molecular weight is 222 g/mol. The van der Waals surface area contributed by atoms with Crippen molar-refractivity contribution in [2.45, 2.75) is 31.6 Å². The molecule has 0 bridgehead atoms. The predicted octanol–water partition coefficient (Wildman–Crippen LogP) is -0.148. The van der Waals surface area contributed by atoms with Gasteiger partial charge in [-0.05, 0) is 6.42 Å². The van der Waals surface area contributed by atoms with Gasteiger partial charge in [0.15, 0.2) is 0 Å². The van der Waals surface area contributed by atoms with E-state index in [0.717, 1.165) is 26.1 Å².